The summed E-state index contributed by atoms with van der Waals surface area (Å²) in [5, 5.41) is 6.65. The number of nitrogens with one attached hydrogen (secondary N) is 2. The highest BCUT2D eigenvalue weighted by Gasteiger charge is 2.22. The molecule has 6 nitrogen and oxygen atoms in total. The molecule has 27 heavy (non-hydrogen) atoms. The van der Waals surface area contributed by atoms with Crippen molar-refractivity contribution in [2.24, 2.45) is 4.99 Å². The van der Waals surface area contributed by atoms with E-state index in [1.165, 1.54) is 5.56 Å². The minimum atomic E-state index is 0.113. The first-order valence-corrected chi connectivity index (χ1v) is 9.21. The van der Waals surface area contributed by atoms with Crippen molar-refractivity contribution in [2.75, 3.05) is 27.3 Å². The molecule has 0 saturated carbocycles. The molecular formula is C21H27N3O3. The smallest absolute Gasteiger partial charge is 0.191 e. The molecule has 0 aromatic heterocycles. The molecule has 2 N–H and O–H groups in total. The number of rotatable bonds is 7. The Kier molecular flexibility index (Phi) is 6.41. The standard InChI is InChI=1S/C21H27N3O3/c1-4-22-21(23-13-16-9-10-17(25-2)12-20(16)26-3)24-14-18-11-15-7-5-6-8-19(15)27-18/h5-10,12,18H,4,11,13-14H2,1-3H3,(H2,22,23,24). The van der Waals surface area contributed by atoms with Gasteiger partial charge in [0.05, 0.1) is 27.3 Å². The summed E-state index contributed by atoms with van der Waals surface area (Å²) in [6.07, 6.45) is 1.02. The van der Waals surface area contributed by atoms with Gasteiger partial charge in [-0.15, -0.1) is 0 Å². The van der Waals surface area contributed by atoms with Crippen molar-refractivity contribution in [1.29, 1.82) is 0 Å². The fourth-order valence-corrected chi connectivity index (χ4v) is 3.07. The molecule has 1 atom stereocenters. The van der Waals surface area contributed by atoms with E-state index >= 15 is 0 Å². The Hall–Kier alpha value is -2.89. The Labute approximate surface area is 160 Å². The van der Waals surface area contributed by atoms with Gasteiger partial charge in [0.2, 0.25) is 0 Å². The van der Waals surface area contributed by atoms with Gasteiger partial charge in [0.25, 0.3) is 0 Å². The van der Waals surface area contributed by atoms with Crippen LogP contribution in [0, 0.1) is 0 Å². The zero-order valence-corrected chi connectivity index (χ0v) is 16.1. The van der Waals surface area contributed by atoms with Crippen molar-refractivity contribution >= 4 is 5.96 Å². The highest BCUT2D eigenvalue weighted by molar-refractivity contribution is 5.79. The van der Waals surface area contributed by atoms with Crippen molar-refractivity contribution in [1.82, 2.24) is 10.6 Å². The van der Waals surface area contributed by atoms with E-state index in [0.717, 1.165) is 41.7 Å². The SMILES string of the molecule is CCNC(=NCc1ccc(OC)cc1OC)NCC1Cc2ccccc2O1. The van der Waals surface area contributed by atoms with Crippen LogP contribution in [0.25, 0.3) is 0 Å². The lowest BCUT2D eigenvalue weighted by atomic mass is 10.1. The molecule has 2 aromatic rings. The number of ether oxygens (including phenoxy) is 3. The van der Waals surface area contributed by atoms with Crippen LogP contribution in [-0.4, -0.2) is 39.4 Å². The molecular weight excluding hydrogens is 342 g/mol. The van der Waals surface area contributed by atoms with Crippen molar-refractivity contribution in [3.63, 3.8) is 0 Å². The van der Waals surface area contributed by atoms with Gasteiger partial charge in [-0.3, -0.25) is 0 Å². The quantitative estimate of drug-likeness (QED) is 0.580. The second-order valence-corrected chi connectivity index (χ2v) is 6.31. The maximum absolute atomic E-state index is 5.98. The number of nitrogens with zero attached hydrogens (tertiary/aromatic N) is 1. The second kappa shape index (κ2) is 9.16. The number of methoxy groups -OCH3 is 2. The minimum absolute atomic E-state index is 0.113. The van der Waals surface area contributed by atoms with Gasteiger partial charge in [-0.25, -0.2) is 4.99 Å². The number of benzene rings is 2. The summed E-state index contributed by atoms with van der Waals surface area (Å²) in [5.74, 6) is 3.27. The summed E-state index contributed by atoms with van der Waals surface area (Å²) < 4.78 is 16.7. The van der Waals surface area contributed by atoms with Crippen LogP contribution in [0.3, 0.4) is 0 Å². The largest absolute Gasteiger partial charge is 0.497 e. The van der Waals surface area contributed by atoms with E-state index in [0.29, 0.717) is 13.1 Å². The Morgan fingerprint density at radius 1 is 1.15 bits per heavy atom. The normalized spacial score (nSPS) is 15.7. The Bertz CT molecular complexity index is 767. The molecule has 0 bridgehead atoms. The van der Waals surface area contributed by atoms with E-state index in [9.17, 15) is 0 Å². The molecule has 1 aliphatic rings. The van der Waals surface area contributed by atoms with E-state index < -0.39 is 0 Å². The molecule has 0 spiro atoms. The molecule has 0 aliphatic carbocycles. The zero-order chi connectivity index (χ0) is 19.1. The fraction of sp³-hybridized carbons (Fsp3) is 0.381. The van der Waals surface area contributed by atoms with Gasteiger partial charge >= 0.3 is 0 Å². The van der Waals surface area contributed by atoms with Gasteiger partial charge in [0.1, 0.15) is 23.4 Å². The molecule has 0 radical (unpaired) electrons. The average molecular weight is 369 g/mol. The van der Waals surface area contributed by atoms with Crippen molar-refractivity contribution in [3.05, 3.63) is 53.6 Å². The van der Waals surface area contributed by atoms with E-state index in [2.05, 4.69) is 21.7 Å². The topological polar surface area (TPSA) is 64.1 Å². The first-order valence-electron chi connectivity index (χ1n) is 9.21. The Morgan fingerprint density at radius 3 is 2.74 bits per heavy atom. The molecule has 0 fully saturated rings. The van der Waals surface area contributed by atoms with Crippen LogP contribution in [0.5, 0.6) is 17.2 Å². The van der Waals surface area contributed by atoms with Gasteiger partial charge in [-0.1, -0.05) is 18.2 Å². The number of para-hydroxylation sites is 1. The third-order valence-electron chi connectivity index (χ3n) is 4.46. The molecule has 3 rings (SSSR count). The lowest BCUT2D eigenvalue weighted by molar-refractivity contribution is 0.235. The van der Waals surface area contributed by atoms with Crippen LogP contribution in [0.2, 0.25) is 0 Å². The average Bonchev–Trinajstić information content (AvgIpc) is 3.13. The number of guanidine groups is 1. The predicted molar refractivity (Wildman–Crippen MR) is 107 cm³/mol. The summed E-state index contributed by atoms with van der Waals surface area (Å²) in [6.45, 7) is 4.04. The van der Waals surface area contributed by atoms with Crippen LogP contribution in [-0.2, 0) is 13.0 Å². The molecule has 6 heteroatoms. The third kappa shape index (κ3) is 4.84. The minimum Gasteiger partial charge on any atom is -0.497 e. The summed E-state index contributed by atoms with van der Waals surface area (Å²) in [4.78, 5) is 4.68. The predicted octanol–water partition coefficient (Wildman–Crippen LogP) is 2.76. The van der Waals surface area contributed by atoms with Crippen LogP contribution >= 0.6 is 0 Å². The highest BCUT2D eigenvalue weighted by Crippen LogP contribution is 2.28. The monoisotopic (exact) mass is 369 g/mol. The van der Waals surface area contributed by atoms with E-state index in [4.69, 9.17) is 14.2 Å². The summed E-state index contributed by atoms with van der Waals surface area (Å²) in [7, 11) is 3.30. The van der Waals surface area contributed by atoms with Gasteiger partial charge in [0, 0.05) is 24.6 Å². The Balaban J connectivity index is 1.60. The van der Waals surface area contributed by atoms with Crippen molar-refractivity contribution < 1.29 is 14.2 Å². The summed E-state index contributed by atoms with van der Waals surface area (Å²) >= 11 is 0. The molecule has 0 saturated heterocycles. The van der Waals surface area contributed by atoms with Gasteiger partial charge in [0.15, 0.2) is 5.96 Å². The number of hydrogen-bond donors (Lipinski definition) is 2. The molecule has 0 amide bonds. The van der Waals surface area contributed by atoms with Crippen molar-refractivity contribution in [2.45, 2.75) is 26.0 Å². The Morgan fingerprint density at radius 2 is 2.00 bits per heavy atom. The zero-order valence-electron chi connectivity index (χ0n) is 16.1. The molecule has 1 heterocycles. The van der Waals surface area contributed by atoms with Gasteiger partial charge in [-0.05, 0) is 30.7 Å². The fourth-order valence-electron chi connectivity index (χ4n) is 3.07. The third-order valence-corrected chi connectivity index (χ3v) is 4.46. The van der Waals surface area contributed by atoms with Crippen LogP contribution < -0.4 is 24.8 Å². The van der Waals surface area contributed by atoms with Crippen LogP contribution in [0.15, 0.2) is 47.5 Å². The lowest BCUT2D eigenvalue weighted by Gasteiger charge is -2.16. The number of hydrogen-bond acceptors (Lipinski definition) is 4. The van der Waals surface area contributed by atoms with Gasteiger partial charge < -0.3 is 24.8 Å². The molecule has 144 valence electrons. The van der Waals surface area contributed by atoms with E-state index in [1.807, 2.05) is 43.3 Å². The summed E-state index contributed by atoms with van der Waals surface area (Å²) in [6, 6.07) is 13.9. The first-order chi connectivity index (χ1) is 13.2. The van der Waals surface area contributed by atoms with Gasteiger partial charge in [-0.2, -0.15) is 0 Å². The van der Waals surface area contributed by atoms with Crippen LogP contribution in [0.1, 0.15) is 18.1 Å². The second-order valence-electron chi connectivity index (χ2n) is 6.31. The highest BCUT2D eigenvalue weighted by atomic mass is 16.5. The maximum Gasteiger partial charge on any atom is 0.191 e. The molecule has 1 unspecified atom stereocenters. The lowest BCUT2D eigenvalue weighted by Crippen LogP contribution is -2.42. The van der Waals surface area contributed by atoms with E-state index in [1.54, 1.807) is 14.2 Å². The van der Waals surface area contributed by atoms with Crippen molar-refractivity contribution in [3.8, 4) is 17.2 Å². The number of aliphatic imine (C=N–C) groups is 1. The molecule has 2 aromatic carbocycles. The summed E-state index contributed by atoms with van der Waals surface area (Å²) in [5.41, 5.74) is 2.26. The maximum atomic E-state index is 5.98. The first kappa shape index (κ1) is 18.9. The number of fused-ring (bicyclic) bond motifs is 1. The molecule has 1 aliphatic heterocycles. The van der Waals surface area contributed by atoms with E-state index in [-0.39, 0.29) is 6.10 Å². The van der Waals surface area contributed by atoms with Crippen LogP contribution in [0.4, 0.5) is 0 Å².